The molecule has 1 aliphatic rings. The highest BCUT2D eigenvalue weighted by molar-refractivity contribution is 6.11. The van der Waals surface area contributed by atoms with Gasteiger partial charge in [-0.3, -0.25) is 0 Å². The first kappa shape index (κ1) is 29.1. The number of aromatic nitrogens is 2. The molecule has 2 N–H and O–H groups in total. The zero-order valence-corrected chi connectivity index (χ0v) is 23.8. The standard InChI is InChI=1S/C33H51N3O/c1-4-7-9-11-12-13-14-16-18-19-27-21-22-29(34-27)25-32-33(37-6-3)26-31(36-32)30-24-23-28(35-30)20-17-15-10-8-5-2/h21-26,34-35H,4-20H2,1-3H3. The van der Waals surface area contributed by atoms with Crippen LogP contribution in [-0.2, 0) is 17.6 Å². The van der Waals surface area contributed by atoms with Gasteiger partial charge in [0.15, 0.2) is 0 Å². The van der Waals surface area contributed by atoms with Gasteiger partial charge in [0, 0.05) is 23.2 Å². The molecule has 4 nitrogen and oxygen atoms in total. The Hall–Kier alpha value is -2.49. The number of aromatic amines is 2. The summed E-state index contributed by atoms with van der Waals surface area (Å²) in [5, 5.41) is 0. The van der Waals surface area contributed by atoms with Gasteiger partial charge in [-0.25, -0.2) is 4.99 Å². The maximum atomic E-state index is 5.94. The molecule has 0 bridgehead atoms. The second-order valence-corrected chi connectivity index (χ2v) is 10.5. The molecule has 0 saturated carbocycles. The summed E-state index contributed by atoms with van der Waals surface area (Å²) >= 11 is 0. The topological polar surface area (TPSA) is 53.2 Å². The van der Waals surface area contributed by atoms with Gasteiger partial charge >= 0.3 is 0 Å². The lowest BCUT2D eigenvalue weighted by atomic mass is 10.1. The van der Waals surface area contributed by atoms with E-state index in [1.165, 1.54) is 101 Å². The average molecular weight is 506 g/mol. The van der Waals surface area contributed by atoms with E-state index in [1.807, 2.05) is 6.92 Å². The third-order valence-electron chi connectivity index (χ3n) is 7.24. The maximum absolute atomic E-state index is 5.94. The molecular formula is C33H51N3O. The van der Waals surface area contributed by atoms with Gasteiger partial charge in [0.1, 0.15) is 11.5 Å². The number of ether oxygens (including phenoxy) is 1. The number of nitrogens with zero attached hydrogens (tertiary/aromatic N) is 1. The second-order valence-electron chi connectivity index (χ2n) is 10.5. The summed E-state index contributed by atoms with van der Waals surface area (Å²) in [6.45, 7) is 7.21. The van der Waals surface area contributed by atoms with E-state index in [4.69, 9.17) is 9.73 Å². The number of aryl methyl sites for hydroxylation is 2. The molecule has 0 aliphatic carbocycles. The quantitative estimate of drug-likeness (QED) is 0.173. The molecule has 0 atom stereocenters. The number of unbranched alkanes of at least 4 members (excludes halogenated alkanes) is 12. The fraction of sp³-hybridized carbons (Fsp3) is 0.606. The molecule has 2 aromatic heterocycles. The Morgan fingerprint density at radius 1 is 0.676 bits per heavy atom. The number of rotatable bonds is 20. The van der Waals surface area contributed by atoms with Crippen LogP contribution < -0.4 is 0 Å². The molecule has 3 heterocycles. The normalized spacial score (nSPS) is 14.4. The number of hydrogen-bond acceptors (Lipinski definition) is 2. The minimum Gasteiger partial charge on any atom is -0.492 e. The lowest BCUT2D eigenvalue weighted by Crippen LogP contribution is -1.96. The van der Waals surface area contributed by atoms with Crippen LogP contribution in [-0.4, -0.2) is 22.3 Å². The lowest BCUT2D eigenvalue weighted by Gasteiger charge is -2.04. The predicted molar refractivity (Wildman–Crippen MR) is 159 cm³/mol. The molecule has 4 heteroatoms. The Labute approximate surface area is 226 Å². The smallest absolute Gasteiger partial charge is 0.147 e. The molecule has 3 rings (SSSR count). The van der Waals surface area contributed by atoms with Crippen molar-refractivity contribution in [2.75, 3.05) is 6.61 Å². The van der Waals surface area contributed by atoms with E-state index in [0.717, 1.165) is 41.4 Å². The van der Waals surface area contributed by atoms with Gasteiger partial charge < -0.3 is 14.7 Å². The SMILES string of the molecule is CCCCCCCCCCCc1ccc(C=C2N=C(c3ccc(CCCCCCC)[nH]3)C=C2OCC)[nH]1. The van der Waals surface area contributed by atoms with E-state index in [0.29, 0.717) is 6.61 Å². The van der Waals surface area contributed by atoms with Crippen LogP contribution >= 0.6 is 0 Å². The van der Waals surface area contributed by atoms with E-state index in [-0.39, 0.29) is 0 Å². The third kappa shape index (κ3) is 10.4. The summed E-state index contributed by atoms with van der Waals surface area (Å²) in [6.07, 6.45) is 25.2. The van der Waals surface area contributed by atoms with Crippen LogP contribution in [0.4, 0.5) is 0 Å². The molecule has 0 saturated heterocycles. The first-order valence-electron chi connectivity index (χ1n) is 15.2. The fourth-order valence-corrected chi connectivity index (χ4v) is 5.04. The largest absolute Gasteiger partial charge is 0.492 e. The van der Waals surface area contributed by atoms with E-state index in [2.05, 4.69) is 60.2 Å². The van der Waals surface area contributed by atoms with Gasteiger partial charge in [-0.2, -0.15) is 0 Å². The molecule has 1 aliphatic heterocycles. The summed E-state index contributed by atoms with van der Waals surface area (Å²) in [5.41, 5.74) is 6.62. The molecular weight excluding hydrogens is 454 g/mol. The summed E-state index contributed by atoms with van der Waals surface area (Å²) in [7, 11) is 0. The van der Waals surface area contributed by atoms with E-state index < -0.39 is 0 Å². The molecule has 2 aromatic rings. The fourth-order valence-electron chi connectivity index (χ4n) is 5.04. The molecule has 0 spiro atoms. The minimum atomic E-state index is 0.633. The number of H-pyrrole nitrogens is 2. The highest BCUT2D eigenvalue weighted by Crippen LogP contribution is 2.26. The molecule has 37 heavy (non-hydrogen) atoms. The first-order valence-corrected chi connectivity index (χ1v) is 15.2. The average Bonchev–Trinajstić information content (AvgIpc) is 3.64. The number of nitrogens with one attached hydrogen (secondary N) is 2. The Balaban J connectivity index is 1.49. The van der Waals surface area contributed by atoms with Gasteiger partial charge in [0.25, 0.3) is 0 Å². The van der Waals surface area contributed by atoms with Crippen LogP contribution in [0.1, 0.15) is 133 Å². The lowest BCUT2D eigenvalue weighted by molar-refractivity contribution is 0.239. The van der Waals surface area contributed by atoms with E-state index in [1.54, 1.807) is 0 Å². The van der Waals surface area contributed by atoms with Crippen LogP contribution in [0.2, 0.25) is 0 Å². The van der Waals surface area contributed by atoms with Gasteiger partial charge in [-0.15, -0.1) is 0 Å². The molecule has 0 fully saturated rings. The van der Waals surface area contributed by atoms with Crippen LogP contribution in [0.15, 0.2) is 46.8 Å². The Kier molecular flexibility index (Phi) is 13.4. The third-order valence-corrected chi connectivity index (χ3v) is 7.24. The zero-order chi connectivity index (χ0) is 26.1. The summed E-state index contributed by atoms with van der Waals surface area (Å²) in [6, 6.07) is 8.75. The van der Waals surface area contributed by atoms with Crippen molar-refractivity contribution in [2.45, 2.75) is 124 Å². The van der Waals surface area contributed by atoms with Crippen molar-refractivity contribution in [2.24, 2.45) is 4.99 Å². The van der Waals surface area contributed by atoms with E-state index in [9.17, 15) is 0 Å². The van der Waals surface area contributed by atoms with E-state index >= 15 is 0 Å². The highest BCUT2D eigenvalue weighted by atomic mass is 16.5. The van der Waals surface area contributed by atoms with Crippen molar-refractivity contribution in [3.63, 3.8) is 0 Å². The number of hydrogen-bond donors (Lipinski definition) is 2. The Morgan fingerprint density at radius 2 is 1.24 bits per heavy atom. The Morgan fingerprint density at radius 3 is 1.86 bits per heavy atom. The molecule has 0 radical (unpaired) electrons. The van der Waals surface area contributed by atoms with Crippen LogP contribution in [0, 0.1) is 0 Å². The number of aliphatic imine (C=N–C) groups is 1. The van der Waals surface area contributed by atoms with Crippen LogP contribution in [0.3, 0.4) is 0 Å². The summed E-state index contributed by atoms with van der Waals surface area (Å²) in [5.74, 6) is 0.850. The summed E-state index contributed by atoms with van der Waals surface area (Å²) in [4.78, 5) is 12.1. The number of allylic oxidation sites excluding steroid dienone is 1. The minimum absolute atomic E-state index is 0.633. The van der Waals surface area contributed by atoms with Crippen molar-refractivity contribution in [3.8, 4) is 0 Å². The highest BCUT2D eigenvalue weighted by Gasteiger charge is 2.18. The van der Waals surface area contributed by atoms with Crippen LogP contribution in [0.5, 0.6) is 0 Å². The van der Waals surface area contributed by atoms with Crippen molar-refractivity contribution in [3.05, 3.63) is 64.6 Å². The van der Waals surface area contributed by atoms with Gasteiger partial charge in [-0.05, 0) is 62.9 Å². The van der Waals surface area contributed by atoms with Crippen LogP contribution in [0.25, 0.3) is 6.08 Å². The predicted octanol–water partition coefficient (Wildman–Crippen LogP) is 9.69. The zero-order valence-electron chi connectivity index (χ0n) is 23.8. The second kappa shape index (κ2) is 17.1. The van der Waals surface area contributed by atoms with Crippen molar-refractivity contribution >= 4 is 11.8 Å². The van der Waals surface area contributed by atoms with Crippen molar-refractivity contribution in [1.82, 2.24) is 9.97 Å². The van der Waals surface area contributed by atoms with Gasteiger partial charge in [-0.1, -0.05) is 90.9 Å². The van der Waals surface area contributed by atoms with Crippen molar-refractivity contribution < 1.29 is 4.74 Å². The molecule has 0 aromatic carbocycles. The molecule has 204 valence electrons. The van der Waals surface area contributed by atoms with Gasteiger partial charge in [0.2, 0.25) is 0 Å². The maximum Gasteiger partial charge on any atom is 0.147 e. The monoisotopic (exact) mass is 505 g/mol. The first-order chi connectivity index (χ1) is 18.2. The van der Waals surface area contributed by atoms with Gasteiger partial charge in [0.05, 0.1) is 18.0 Å². The summed E-state index contributed by atoms with van der Waals surface area (Å²) < 4.78 is 5.94. The molecule has 0 amide bonds. The molecule has 0 unspecified atom stereocenters. The Bertz CT molecular complexity index is 991. The van der Waals surface area contributed by atoms with Crippen molar-refractivity contribution in [1.29, 1.82) is 0 Å².